The van der Waals surface area contributed by atoms with E-state index in [0.717, 1.165) is 12.0 Å². The third kappa shape index (κ3) is 3.15. The molecular weight excluding hydrogens is 266 g/mol. The van der Waals surface area contributed by atoms with Gasteiger partial charge in [0.15, 0.2) is 0 Å². The van der Waals surface area contributed by atoms with Gasteiger partial charge < -0.3 is 9.64 Å². The van der Waals surface area contributed by atoms with Crippen LogP contribution in [0.4, 0.5) is 0 Å². The monoisotopic (exact) mass is 279 g/mol. The van der Waals surface area contributed by atoms with Gasteiger partial charge in [-0.25, -0.2) is 4.79 Å². The molecule has 4 nitrogen and oxygen atoms in total. The minimum atomic E-state index is -0.482. The fourth-order valence-corrected chi connectivity index (χ4v) is 2.14. The fraction of sp³-hybridized carbons (Fsp3) is 0.286. The third-order valence-corrected chi connectivity index (χ3v) is 3.21. The summed E-state index contributed by atoms with van der Waals surface area (Å²) in [5.41, 5.74) is 1.33. The highest BCUT2D eigenvalue weighted by atomic mass is 35.5. The van der Waals surface area contributed by atoms with Crippen LogP contribution in [-0.4, -0.2) is 30.4 Å². The molecule has 0 radical (unpaired) electrons. The molecule has 1 fully saturated rings. The molecule has 1 saturated heterocycles. The number of carbonyl (C=O) groups excluding carboxylic acids is 2. The summed E-state index contributed by atoms with van der Waals surface area (Å²) < 4.78 is 4.64. The zero-order valence-corrected chi connectivity index (χ0v) is 11.3. The zero-order chi connectivity index (χ0) is 13.8. The lowest BCUT2D eigenvalue weighted by molar-refractivity contribution is -0.134. The summed E-state index contributed by atoms with van der Waals surface area (Å²) in [5.74, 6) is -0.463. The Morgan fingerprint density at radius 1 is 1.37 bits per heavy atom. The Kier molecular flexibility index (Phi) is 4.22. The van der Waals surface area contributed by atoms with Crippen molar-refractivity contribution in [2.45, 2.75) is 12.8 Å². The first kappa shape index (κ1) is 13.6. The van der Waals surface area contributed by atoms with E-state index in [0.29, 0.717) is 23.7 Å². The molecule has 0 bridgehead atoms. The SMILES string of the molecule is COC(=O)C=C(c1ccc(Cl)cc1)N1CCCC1=O. The van der Waals surface area contributed by atoms with Crippen LogP contribution < -0.4 is 0 Å². The Hall–Kier alpha value is -1.81. The molecule has 0 unspecified atom stereocenters. The fourth-order valence-electron chi connectivity index (χ4n) is 2.01. The van der Waals surface area contributed by atoms with Gasteiger partial charge in [-0.3, -0.25) is 4.79 Å². The maximum atomic E-state index is 11.8. The number of carbonyl (C=O) groups is 2. The van der Waals surface area contributed by atoms with Gasteiger partial charge >= 0.3 is 5.97 Å². The van der Waals surface area contributed by atoms with E-state index in [-0.39, 0.29) is 5.91 Å². The summed E-state index contributed by atoms with van der Waals surface area (Å²) in [6.45, 7) is 0.615. The van der Waals surface area contributed by atoms with Crippen molar-refractivity contribution in [3.63, 3.8) is 0 Å². The summed E-state index contributed by atoms with van der Waals surface area (Å²) in [7, 11) is 1.31. The van der Waals surface area contributed by atoms with Crippen LogP contribution in [0.5, 0.6) is 0 Å². The number of halogens is 1. The van der Waals surface area contributed by atoms with Gasteiger partial charge in [0, 0.05) is 24.1 Å². The lowest BCUT2D eigenvalue weighted by Gasteiger charge is -2.19. The summed E-state index contributed by atoms with van der Waals surface area (Å²) in [5, 5.41) is 0.605. The van der Waals surface area contributed by atoms with Crippen molar-refractivity contribution in [1.29, 1.82) is 0 Å². The summed E-state index contributed by atoms with van der Waals surface area (Å²) >= 11 is 5.85. The van der Waals surface area contributed by atoms with Crippen molar-refractivity contribution in [2.75, 3.05) is 13.7 Å². The van der Waals surface area contributed by atoms with Crippen LogP contribution in [0.2, 0.25) is 5.02 Å². The predicted molar refractivity (Wildman–Crippen MR) is 72.4 cm³/mol. The van der Waals surface area contributed by atoms with Gasteiger partial charge in [0.1, 0.15) is 0 Å². The normalized spacial score (nSPS) is 15.8. The maximum Gasteiger partial charge on any atom is 0.332 e. The molecule has 0 saturated carbocycles. The molecule has 0 aliphatic carbocycles. The van der Waals surface area contributed by atoms with E-state index in [1.165, 1.54) is 13.2 Å². The third-order valence-electron chi connectivity index (χ3n) is 2.96. The second kappa shape index (κ2) is 5.89. The molecule has 1 aliphatic rings. The molecule has 1 aliphatic heterocycles. The van der Waals surface area contributed by atoms with Gasteiger partial charge in [0.05, 0.1) is 12.8 Å². The molecule has 0 N–H and O–H groups in total. The number of benzene rings is 1. The standard InChI is InChI=1S/C14H14ClNO3/c1-19-14(18)9-12(16-8-2-3-13(16)17)10-4-6-11(15)7-5-10/h4-7,9H,2-3,8H2,1H3. The van der Waals surface area contributed by atoms with Crippen LogP contribution in [0.15, 0.2) is 30.3 Å². The Morgan fingerprint density at radius 2 is 2.05 bits per heavy atom. The molecule has 1 aromatic carbocycles. The number of esters is 1. The van der Waals surface area contributed by atoms with Crippen LogP contribution in [-0.2, 0) is 14.3 Å². The van der Waals surface area contributed by atoms with Gasteiger partial charge in [-0.15, -0.1) is 0 Å². The van der Waals surface area contributed by atoms with E-state index < -0.39 is 5.97 Å². The molecule has 1 heterocycles. The molecule has 2 rings (SSSR count). The Morgan fingerprint density at radius 3 is 2.58 bits per heavy atom. The van der Waals surface area contributed by atoms with E-state index in [9.17, 15) is 9.59 Å². The van der Waals surface area contributed by atoms with Crippen molar-refractivity contribution in [3.8, 4) is 0 Å². The number of amides is 1. The Balaban J connectivity index is 2.39. The van der Waals surface area contributed by atoms with Crippen molar-refractivity contribution in [3.05, 3.63) is 40.9 Å². The highest BCUT2D eigenvalue weighted by molar-refractivity contribution is 6.30. The van der Waals surface area contributed by atoms with Gasteiger partial charge in [0.2, 0.25) is 5.91 Å². The van der Waals surface area contributed by atoms with Crippen molar-refractivity contribution < 1.29 is 14.3 Å². The lowest BCUT2D eigenvalue weighted by atomic mass is 10.1. The van der Waals surface area contributed by atoms with Crippen LogP contribution in [0.3, 0.4) is 0 Å². The topological polar surface area (TPSA) is 46.6 Å². The van der Waals surface area contributed by atoms with Crippen LogP contribution in [0.25, 0.3) is 5.70 Å². The van der Waals surface area contributed by atoms with Gasteiger partial charge in [-0.05, 0) is 24.1 Å². The minimum absolute atomic E-state index is 0.0186. The molecule has 19 heavy (non-hydrogen) atoms. The van der Waals surface area contributed by atoms with Gasteiger partial charge in [0.25, 0.3) is 0 Å². The molecule has 0 atom stereocenters. The molecule has 1 amide bonds. The number of ether oxygens (including phenoxy) is 1. The van der Waals surface area contributed by atoms with Crippen LogP contribution in [0.1, 0.15) is 18.4 Å². The van der Waals surface area contributed by atoms with E-state index in [1.807, 2.05) is 0 Å². The maximum absolute atomic E-state index is 11.8. The number of hydrogen-bond acceptors (Lipinski definition) is 3. The molecule has 0 aromatic heterocycles. The van der Waals surface area contributed by atoms with Gasteiger partial charge in [-0.1, -0.05) is 23.7 Å². The first-order chi connectivity index (χ1) is 9.11. The number of likely N-dealkylation sites (tertiary alicyclic amines) is 1. The predicted octanol–water partition coefficient (Wildman–Crippen LogP) is 2.48. The van der Waals surface area contributed by atoms with Crippen molar-refractivity contribution >= 4 is 29.2 Å². The first-order valence-corrected chi connectivity index (χ1v) is 6.35. The molecule has 5 heteroatoms. The summed E-state index contributed by atoms with van der Waals surface area (Å²) in [6, 6.07) is 7.01. The molecular formula is C14H14ClNO3. The van der Waals surface area contributed by atoms with E-state index in [1.54, 1.807) is 29.2 Å². The largest absolute Gasteiger partial charge is 0.466 e. The second-order valence-corrected chi connectivity index (χ2v) is 4.64. The van der Waals surface area contributed by atoms with Crippen LogP contribution in [0, 0.1) is 0 Å². The van der Waals surface area contributed by atoms with Crippen molar-refractivity contribution in [1.82, 2.24) is 4.90 Å². The molecule has 0 spiro atoms. The minimum Gasteiger partial charge on any atom is -0.466 e. The second-order valence-electron chi connectivity index (χ2n) is 4.21. The highest BCUT2D eigenvalue weighted by Gasteiger charge is 2.25. The number of methoxy groups -OCH3 is 1. The van der Waals surface area contributed by atoms with E-state index >= 15 is 0 Å². The zero-order valence-electron chi connectivity index (χ0n) is 10.6. The molecule has 1 aromatic rings. The van der Waals surface area contributed by atoms with Crippen LogP contribution >= 0.6 is 11.6 Å². The summed E-state index contributed by atoms with van der Waals surface area (Å²) in [4.78, 5) is 24.9. The van der Waals surface area contributed by atoms with E-state index in [4.69, 9.17) is 11.6 Å². The Bertz CT molecular complexity index is 522. The van der Waals surface area contributed by atoms with Gasteiger partial charge in [-0.2, -0.15) is 0 Å². The lowest BCUT2D eigenvalue weighted by Crippen LogP contribution is -2.23. The Labute approximate surface area is 116 Å². The average molecular weight is 280 g/mol. The molecule has 100 valence electrons. The number of hydrogen-bond donors (Lipinski definition) is 0. The smallest absolute Gasteiger partial charge is 0.332 e. The number of rotatable bonds is 3. The highest BCUT2D eigenvalue weighted by Crippen LogP contribution is 2.26. The number of nitrogens with zero attached hydrogens (tertiary/aromatic N) is 1. The average Bonchev–Trinajstić information content (AvgIpc) is 2.83. The van der Waals surface area contributed by atoms with Crippen molar-refractivity contribution in [2.24, 2.45) is 0 Å². The quantitative estimate of drug-likeness (QED) is 0.631. The van der Waals surface area contributed by atoms with E-state index in [2.05, 4.69) is 4.74 Å². The first-order valence-electron chi connectivity index (χ1n) is 5.98. The summed E-state index contributed by atoms with van der Waals surface area (Å²) in [6.07, 6.45) is 2.64.